The van der Waals surface area contributed by atoms with Crippen LogP contribution >= 0.6 is 11.3 Å². The van der Waals surface area contributed by atoms with Crippen molar-refractivity contribution >= 4 is 23.1 Å². The first kappa shape index (κ1) is 11.8. The molecular weight excluding hydrogens is 218 g/mol. The van der Waals surface area contributed by atoms with E-state index in [1.807, 2.05) is 0 Å². The highest BCUT2D eigenvalue weighted by Gasteiger charge is 2.15. The van der Waals surface area contributed by atoms with Gasteiger partial charge in [-0.3, -0.25) is 4.79 Å². The van der Waals surface area contributed by atoms with Crippen LogP contribution in [0.5, 0.6) is 0 Å². The molecule has 1 aromatic heterocycles. The maximum Gasteiger partial charge on any atom is 0.357 e. The van der Waals surface area contributed by atoms with Crippen LogP contribution in [0.4, 0.5) is 0 Å². The van der Waals surface area contributed by atoms with Gasteiger partial charge in [0.05, 0.1) is 6.61 Å². The van der Waals surface area contributed by atoms with Gasteiger partial charge < -0.3 is 9.47 Å². The number of hydrogen-bond donors (Lipinski definition) is 0. The Balaban J connectivity index is 2.71. The third kappa shape index (κ3) is 3.10. The molecule has 0 aromatic carbocycles. The largest absolute Gasteiger partial charge is 0.461 e. The molecule has 15 heavy (non-hydrogen) atoms. The molecule has 0 aliphatic heterocycles. The van der Waals surface area contributed by atoms with Gasteiger partial charge in [0.2, 0.25) is 5.78 Å². The van der Waals surface area contributed by atoms with Crippen LogP contribution in [0.3, 0.4) is 0 Å². The molecule has 1 aromatic rings. The first-order valence-electron chi connectivity index (χ1n) is 4.33. The van der Waals surface area contributed by atoms with E-state index in [0.717, 1.165) is 11.3 Å². The maximum absolute atomic E-state index is 11.3. The second kappa shape index (κ2) is 5.57. The zero-order chi connectivity index (χ0) is 11.3. The summed E-state index contributed by atoms with van der Waals surface area (Å²) in [7, 11) is 1.43. The van der Waals surface area contributed by atoms with Crippen LogP contribution in [0, 0.1) is 0 Å². The molecule has 0 saturated heterocycles. The van der Waals surface area contributed by atoms with Gasteiger partial charge in [0.15, 0.2) is 10.7 Å². The van der Waals surface area contributed by atoms with Crippen molar-refractivity contribution in [3.8, 4) is 0 Å². The highest BCUT2D eigenvalue weighted by molar-refractivity contribution is 7.12. The van der Waals surface area contributed by atoms with Gasteiger partial charge in [-0.05, 0) is 6.92 Å². The first-order valence-corrected chi connectivity index (χ1v) is 5.21. The fraction of sp³-hybridized carbons (Fsp3) is 0.444. The molecule has 1 rings (SSSR count). The average molecular weight is 229 g/mol. The minimum atomic E-state index is -0.509. The van der Waals surface area contributed by atoms with E-state index in [0.29, 0.717) is 0 Å². The Bertz CT molecular complexity index is 328. The second-order valence-corrected chi connectivity index (χ2v) is 3.47. The van der Waals surface area contributed by atoms with E-state index in [2.05, 4.69) is 9.72 Å². The van der Waals surface area contributed by atoms with Crippen LogP contribution in [0.25, 0.3) is 0 Å². The van der Waals surface area contributed by atoms with E-state index in [1.165, 1.54) is 12.5 Å². The van der Waals surface area contributed by atoms with Gasteiger partial charge >= 0.3 is 5.97 Å². The summed E-state index contributed by atoms with van der Waals surface area (Å²) in [6.07, 6.45) is 0. The molecule has 0 bridgehead atoms. The Kier molecular flexibility index (Phi) is 4.38. The van der Waals surface area contributed by atoms with Gasteiger partial charge in [0, 0.05) is 12.5 Å². The molecular formula is C9H11NO4S. The summed E-state index contributed by atoms with van der Waals surface area (Å²) in [5.74, 6) is -0.747. The van der Waals surface area contributed by atoms with Gasteiger partial charge in [-0.25, -0.2) is 9.78 Å². The third-order valence-electron chi connectivity index (χ3n) is 1.50. The summed E-state index contributed by atoms with van der Waals surface area (Å²) < 4.78 is 9.42. The SMILES string of the molecule is CCOC(=O)c1csc(C(=O)COC)n1. The van der Waals surface area contributed by atoms with Gasteiger partial charge in [0.1, 0.15) is 6.61 Å². The number of ketones is 1. The highest BCUT2D eigenvalue weighted by Crippen LogP contribution is 2.11. The summed E-state index contributed by atoms with van der Waals surface area (Å²) >= 11 is 1.11. The molecule has 0 N–H and O–H groups in total. The molecule has 0 spiro atoms. The van der Waals surface area contributed by atoms with E-state index in [4.69, 9.17) is 4.74 Å². The standard InChI is InChI=1S/C9H11NO4S/c1-3-14-9(12)6-5-15-8(10-6)7(11)4-13-2/h5H,3-4H2,1-2H3. The summed E-state index contributed by atoms with van der Waals surface area (Å²) in [6.45, 7) is 1.97. The van der Waals surface area contributed by atoms with Crippen molar-refractivity contribution in [3.05, 3.63) is 16.1 Å². The van der Waals surface area contributed by atoms with Crippen molar-refractivity contribution < 1.29 is 19.1 Å². The number of hydrogen-bond acceptors (Lipinski definition) is 6. The van der Waals surface area contributed by atoms with Gasteiger partial charge in [0.25, 0.3) is 0 Å². The number of nitrogens with zero attached hydrogens (tertiary/aromatic N) is 1. The number of esters is 1. The van der Waals surface area contributed by atoms with Crippen molar-refractivity contribution in [2.24, 2.45) is 0 Å². The number of carbonyl (C=O) groups is 2. The topological polar surface area (TPSA) is 65.5 Å². The van der Waals surface area contributed by atoms with Crippen molar-refractivity contribution in [3.63, 3.8) is 0 Å². The van der Waals surface area contributed by atoms with Gasteiger partial charge in [-0.15, -0.1) is 11.3 Å². The number of thiazole rings is 1. The number of methoxy groups -OCH3 is 1. The van der Waals surface area contributed by atoms with Crippen molar-refractivity contribution in [1.29, 1.82) is 0 Å². The zero-order valence-electron chi connectivity index (χ0n) is 8.48. The molecule has 0 radical (unpaired) electrons. The minimum Gasteiger partial charge on any atom is -0.461 e. The fourth-order valence-electron chi connectivity index (χ4n) is 0.893. The molecule has 0 aliphatic rings. The number of rotatable bonds is 5. The Labute approximate surface area is 91.0 Å². The van der Waals surface area contributed by atoms with Gasteiger partial charge in [-0.2, -0.15) is 0 Å². The highest BCUT2D eigenvalue weighted by atomic mass is 32.1. The summed E-state index contributed by atoms with van der Waals surface area (Å²) in [6, 6.07) is 0. The van der Waals surface area contributed by atoms with Crippen molar-refractivity contribution in [2.45, 2.75) is 6.92 Å². The van der Waals surface area contributed by atoms with E-state index in [-0.39, 0.29) is 29.7 Å². The number of aromatic nitrogens is 1. The Morgan fingerprint density at radius 2 is 2.27 bits per heavy atom. The van der Waals surface area contributed by atoms with Crippen molar-refractivity contribution in [2.75, 3.05) is 20.3 Å². The van der Waals surface area contributed by atoms with E-state index in [1.54, 1.807) is 6.92 Å². The van der Waals surface area contributed by atoms with Crippen LogP contribution in [-0.2, 0) is 9.47 Å². The molecule has 0 amide bonds. The van der Waals surface area contributed by atoms with Gasteiger partial charge in [-0.1, -0.05) is 0 Å². The third-order valence-corrected chi connectivity index (χ3v) is 2.39. The molecule has 0 aliphatic carbocycles. The average Bonchev–Trinajstić information content (AvgIpc) is 2.67. The Morgan fingerprint density at radius 3 is 2.87 bits per heavy atom. The van der Waals surface area contributed by atoms with E-state index < -0.39 is 5.97 Å². The number of Topliss-reactive ketones (excluding diaryl/α,β-unsaturated/α-hetero) is 1. The predicted octanol–water partition coefficient (Wildman–Crippen LogP) is 1.15. The number of carbonyl (C=O) groups excluding carboxylic acids is 2. The fourth-order valence-corrected chi connectivity index (χ4v) is 1.61. The molecule has 6 heteroatoms. The minimum absolute atomic E-state index is 0.0320. The quantitative estimate of drug-likeness (QED) is 0.559. The Hall–Kier alpha value is -1.27. The monoisotopic (exact) mass is 229 g/mol. The lowest BCUT2D eigenvalue weighted by Crippen LogP contribution is -2.09. The van der Waals surface area contributed by atoms with Crippen LogP contribution in [0.15, 0.2) is 5.38 Å². The van der Waals surface area contributed by atoms with Crippen LogP contribution in [-0.4, -0.2) is 37.1 Å². The predicted molar refractivity (Wildman–Crippen MR) is 54.3 cm³/mol. The second-order valence-electron chi connectivity index (χ2n) is 2.61. The molecule has 0 fully saturated rings. The first-order chi connectivity index (χ1) is 7.19. The lowest BCUT2D eigenvalue weighted by atomic mass is 10.4. The van der Waals surface area contributed by atoms with Crippen LogP contribution in [0.2, 0.25) is 0 Å². The smallest absolute Gasteiger partial charge is 0.357 e. The molecule has 1 heterocycles. The van der Waals surface area contributed by atoms with E-state index >= 15 is 0 Å². The van der Waals surface area contributed by atoms with E-state index in [9.17, 15) is 9.59 Å². The maximum atomic E-state index is 11.3. The molecule has 0 saturated carbocycles. The number of ether oxygens (including phenoxy) is 2. The molecule has 82 valence electrons. The lowest BCUT2D eigenvalue weighted by molar-refractivity contribution is 0.0520. The lowest BCUT2D eigenvalue weighted by Gasteiger charge is -1.96. The molecule has 0 atom stereocenters. The van der Waals surface area contributed by atoms with Crippen LogP contribution in [0.1, 0.15) is 27.2 Å². The van der Waals surface area contributed by atoms with Crippen molar-refractivity contribution in [1.82, 2.24) is 4.98 Å². The Morgan fingerprint density at radius 1 is 1.53 bits per heavy atom. The molecule has 5 nitrogen and oxygen atoms in total. The molecule has 0 unspecified atom stereocenters. The summed E-state index contributed by atoms with van der Waals surface area (Å²) in [5, 5.41) is 1.76. The summed E-state index contributed by atoms with van der Waals surface area (Å²) in [5.41, 5.74) is 0.168. The van der Waals surface area contributed by atoms with Crippen LogP contribution < -0.4 is 0 Å². The summed E-state index contributed by atoms with van der Waals surface area (Å²) in [4.78, 5) is 26.4. The zero-order valence-corrected chi connectivity index (χ0v) is 9.30. The normalized spacial score (nSPS) is 10.0.